The van der Waals surface area contributed by atoms with E-state index >= 15 is 0 Å². The maximum absolute atomic E-state index is 6.37. The van der Waals surface area contributed by atoms with Crippen molar-refractivity contribution in [2.75, 3.05) is 4.90 Å². The average Bonchev–Trinajstić information content (AvgIpc) is 3.83. The first kappa shape index (κ1) is 28.6. The number of nitrogens with zero attached hydrogens (tertiary/aromatic N) is 2. The zero-order valence-electron chi connectivity index (χ0n) is 27.7. The predicted molar refractivity (Wildman–Crippen MR) is 204 cm³/mol. The molecule has 7 aromatic carbocycles. The highest BCUT2D eigenvalue weighted by Gasteiger charge is 2.35. The van der Waals surface area contributed by atoms with Gasteiger partial charge in [0.05, 0.1) is 0 Å². The number of furan rings is 1. The topological polar surface area (TPSA) is 42.4 Å². The Morgan fingerprint density at radius 1 is 0.460 bits per heavy atom. The van der Waals surface area contributed by atoms with E-state index in [1.165, 1.54) is 22.3 Å². The highest BCUT2D eigenvalue weighted by molar-refractivity contribution is 6.06. The van der Waals surface area contributed by atoms with Gasteiger partial charge in [-0.3, -0.25) is 0 Å². The van der Waals surface area contributed by atoms with Crippen LogP contribution in [0.1, 0.15) is 25.0 Å². The van der Waals surface area contributed by atoms with Crippen LogP contribution in [0, 0.1) is 0 Å². The third-order valence-corrected chi connectivity index (χ3v) is 10.3. The quantitative estimate of drug-likeness (QED) is 0.187. The Hall–Kier alpha value is -6.39. The molecule has 0 saturated heterocycles. The van der Waals surface area contributed by atoms with E-state index in [4.69, 9.17) is 13.8 Å². The molecular weight excluding hydrogens is 613 g/mol. The van der Waals surface area contributed by atoms with E-state index in [9.17, 15) is 0 Å². The molecule has 0 N–H and O–H groups in total. The fourth-order valence-electron chi connectivity index (χ4n) is 7.81. The Kier molecular flexibility index (Phi) is 6.19. The van der Waals surface area contributed by atoms with Gasteiger partial charge in [0.25, 0.3) is 0 Å². The van der Waals surface area contributed by atoms with Gasteiger partial charge >= 0.3 is 0 Å². The van der Waals surface area contributed by atoms with Crippen LogP contribution in [0.4, 0.5) is 17.1 Å². The largest absolute Gasteiger partial charge is 0.456 e. The molecule has 0 radical (unpaired) electrons. The molecule has 0 unspecified atom stereocenters. The van der Waals surface area contributed by atoms with Crippen molar-refractivity contribution in [3.63, 3.8) is 0 Å². The van der Waals surface area contributed by atoms with E-state index in [-0.39, 0.29) is 5.41 Å². The van der Waals surface area contributed by atoms with Crippen LogP contribution in [0.3, 0.4) is 0 Å². The van der Waals surface area contributed by atoms with Crippen molar-refractivity contribution in [3.05, 3.63) is 169 Å². The first-order chi connectivity index (χ1) is 24.5. The third-order valence-electron chi connectivity index (χ3n) is 10.3. The van der Waals surface area contributed by atoms with Crippen LogP contribution in [0.2, 0.25) is 0 Å². The molecule has 2 heterocycles. The summed E-state index contributed by atoms with van der Waals surface area (Å²) in [7, 11) is 0. The summed E-state index contributed by atoms with van der Waals surface area (Å²) in [4.78, 5) is 7.27. The van der Waals surface area contributed by atoms with Crippen molar-refractivity contribution in [2.45, 2.75) is 19.3 Å². The number of oxazole rings is 1. The molecule has 0 amide bonds. The van der Waals surface area contributed by atoms with Crippen LogP contribution in [0.25, 0.3) is 66.7 Å². The average molecular weight is 645 g/mol. The second-order valence-corrected chi connectivity index (χ2v) is 13.6. The summed E-state index contributed by atoms with van der Waals surface area (Å²) in [5.74, 6) is 0.624. The van der Waals surface area contributed by atoms with Crippen LogP contribution in [-0.4, -0.2) is 4.98 Å². The molecule has 0 bridgehead atoms. The molecule has 10 rings (SSSR count). The Balaban J connectivity index is 1.11. The molecule has 2 aromatic heterocycles. The summed E-state index contributed by atoms with van der Waals surface area (Å²) in [6.07, 6.45) is 0. The molecule has 1 aliphatic rings. The Morgan fingerprint density at radius 2 is 1.12 bits per heavy atom. The zero-order valence-corrected chi connectivity index (χ0v) is 27.7. The van der Waals surface area contributed by atoms with E-state index < -0.39 is 0 Å². The summed E-state index contributed by atoms with van der Waals surface area (Å²) in [6, 6.07) is 55.4. The molecule has 9 aromatic rings. The number of para-hydroxylation sites is 2. The van der Waals surface area contributed by atoms with Crippen molar-refractivity contribution >= 4 is 50.1 Å². The SMILES string of the molecule is CC1(C)c2ccccc2-c2ccc(N(c3ccc(-c4cccc5oc(-c6ccccc6)nc45)cc3)c3ccc4c(c3)oc3ccccc34)cc21. The van der Waals surface area contributed by atoms with Gasteiger partial charge in [-0.25, -0.2) is 4.98 Å². The highest BCUT2D eigenvalue weighted by atomic mass is 16.3. The molecule has 238 valence electrons. The molecule has 4 nitrogen and oxygen atoms in total. The van der Waals surface area contributed by atoms with Gasteiger partial charge in [-0.05, 0) is 88.5 Å². The number of hydrogen-bond acceptors (Lipinski definition) is 4. The van der Waals surface area contributed by atoms with E-state index in [2.05, 4.69) is 122 Å². The molecule has 0 saturated carbocycles. The fraction of sp³-hybridized carbons (Fsp3) is 0.0652. The fourth-order valence-corrected chi connectivity index (χ4v) is 7.81. The minimum Gasteiger partial charge on any atom is -0.456 e. The van der Waals surface area contributed by atoms with Gasteiger partial charge in [-0.1, -0.05) is 105 Å². The first-order valence-corrected chi connectivity index (χ1v) is 17.0. The van der Waals surface area contributed by atoms with Crippen LogP contribution in [0.5, 0.6) is 0 Å². The molecule has 50 heavy (non-hydrogen) atoms. The summed E-state index contributed by atoms with van der Waals surface area (Å²) >= 11 is 0. The van der Waals surface area contributed by atoms with E-state index in [0.29, 0.717) is 5.89 Å². The van der Waals surface area contributed by atoms with Gasteiger partial charge in [-0.2, -0.15) is 0 Å². The maximum atomic E-state index is 6.37. The van der Waals surface area contributed by atoms with Crippen LogP contribution in [-0.2, 0) is 5.41 Å². The van der Waals surface area contributed by atoms with Crippen LogP contribution in [0.15, 0.2) is 167 Å². The monoisotopic (exact) mass is 644 g/mol. The molecule has 0 fully saturated rings. The number of aromatic nitrogens is 1. The Morgan fingerprint density at radius 3 is 2.00 bits per heavy atom. The lowest BCUT2D eigenvalue weighted by Gasteiger charge is -2.28. The molecular formula is C46H32N2O2. The van der Waals surface area contributed by atoms with Crippen molar-refractivity contribution in [2.24, 2.45) is 0 Å². The van der Waals surface area contributed by atoms with Gasteiger partial charge in [0.15, 0.2) is 5.58 Å². The standard InChI is InChI=1S/C46H32N2O2/c1-46(2)39-16-8-6-13-35(39)36-25-23-32(27-40(36)46)48(33-24-26-38-37-14-7-9-17-41(37)49-43(38)28-33)31-21-19-29(20-22-31)34-15-10-18-42-44(34)47-45(50-42)30-11-4-3-5-12-30/h3-28H,1-2H3. The lowest BCUT2D eigenvalue weighted by Crippen LogP contribution is -2.16. The van der Waals surface area contributed by atoms with Crippen molar-refractivity contribution in [1.82, 2.24) is 4.98 Å². The smallest absolute Gasteiger partial charge is 0.227 e. The van der Waals surface area contributed by atoms with E-state index in [0.717, 1.165) is 66.8 Å². The molecule has 4 heteroatoms. The van der Waals surface area contributed by atoms with E-state index in [1.807, 2.05) is 54.6 Å². The number of anilines is 3. The maximum Gasteiger partial charge on any atom is 0.227 e. The normalized spacial score (nSPS) is 13.2. The minimum absolute atomic E-state index is 0.116. The van der Waals surface area contributed by atoms with Gasteiger partial charge in [0, 0.05) is 50.4 Å². The van der Waals surface area contributed by atoms with E-state index in [1.54, 1.807) is 0 Å². The van der Waals surface area contributed by atoms with Gasteiger partial charge < -0.3 is 13.7 Å². The summed E-state index contributed by atoms with van der Waals surface area (Å²) in [5.41, 5.74) is 14.8. The van der Waals surface area contributed by atoms with Crippen LogP contribution >= 0.6 is 0 Å². The zero-order chi connectivity index (χ0) is 33.4. The Labute approximate surface area is 289 Å². The number of rotatable bonds is 5. The van der Waals surface area contributed by atoms with Gasteiger partial charge in [-0.15, -0.1) is 0 Å². The lowest BCUT2D eigenvalue weighted by atomic mass is 9.82. The third kappa shape index (κ3) is 4.35. The summed E-state index contributed by atoms with van der Waals surface area (Å²) in [5, 5.41) is 2.24. The summed E-state index contributed by atoms with van der Waals surface area (Å²) < 4.78 is 12.6. The highest BCUT2D eigenvalue weighted by Crippen LogP contribution is 2.51. The molecule has 0 atom stereocenters. The number of fused-ring (bicyclic) bond motifs is 7. The van der Waals surface area contributed by atoms with Crippen molar-refractivity contribution < 1.29 is 8.83 Å². The second-order valence-electron chi connectivity index (χ2n) is 13.6. The summed E-state index contributed by atoms with van der Waals surface area (Å²) in [6.45, 7) is 4.66. The second kappa shape index (κ2) is 10.8. The lowest BCUT2D eigenvalue weighted by molar-refractivity contribution is 0.620. The van der Waals surface area contributed by atoms with Crippen molar-refractivity contribution in [3.8, 4) is 33.7 Å². The number of hydrogen-bond donors (Lipinski definition) is 0. The van der Waals surface area contributed by atoms with Gasteiger partial charge in [0.2, 0.25) is 5.89 Å². The predicted octanol–water partition coefficient (Wildman–Crippen LogP) is 12.8. The van der Waals surface area contributed by atoms with Gasteiger partial charge in [0.1, 0.15) is 16.7 Å². The molecule has 0 aliphatic heterocycles. The Bertz CT molecular complexity index is 2730. The first-order valence-electron chi connectivity index (χ1n) is 17.0. The molecule has 1 aliphatic carbocycles. The minimum atomic E-state index is -0.116. The van der Waals surface area contributed by atoms with Crippen molar-refractivity contribution in [1.29, 1.82) is 0 Å². The number of benzene rings is 7. The molecule has 0 spiro atoms. The van der Waals surface area contributed by atoms with Crippen LogP contribution < -0.4 is 4.90 Å².